The van der Waals surface area contributed by atoms with E-state index in [1.807, 2.05) is 37.3 Å². The summed E-state index contributed by atoms with van der Waals surface area (Å²) in [4.78, 5) is 10.5. The second-order valence-corrected chi connectivity index (χ2v) is 4.90. The van der Waals surface area contributed by atoms with Crippen LogP contribution in [0.1, 0.15) is 24.9 Å². The molecule has 0 saturated heterocycles. The molecule has 0 spiro atoms. The zero-order valence-electron chi connectivity index (χ0n) is 11.0. The SMILES string of the molecule is CCC(Nc1ccc(Cl)cc1)c1cccc([N+](=O)[O-])c1. The fourth-order valence-electron chi connectivity index (χ4n) is 2.02. The minimum atomic E-state index is -0.376. The molecule has 1 atom stereocenters. The number of nitro groups is 1. The fourth-order valence-corrected chi connectivity index (χ4v) is 2.15. The number of hydrogen-bond donors (Lipinski definition) is 1. The van der Waals surface area contributed by atoms with Crippen LogP contribution in [-0.2, 0) is 0 Å². The van der Waals surface area contributed by atoms with Gasteiger partial charge in [0, 0.05) is 22.8 Å². The summed E-state index contributed by atoms with van der Waals surface area (Å²) >= 11 is 5.85. The number of anilines is 1. The van der Waals surface area contributed by atoms with Crippen molar-refractivity contribution in [1.29, 1.82) is 0 Å². The van der Waals surface area contributed by atoms with E-state index in [9.17, 15) is 10.1 Å². The largest absolute Gasteiger partial charge is 0.378 e. The highest BCUT2D eigenvalue weighted by Crippen LogP contribution is 2.26. The lowest BCUT2D eigenvalue weighted by molar-refractivity contribution is -0.384. The van der Waals surface area contributed by atoms with Crippen molar-refractivity contribution >= 4 is 23.0 Å². The van der Waals surface area contributed by atoms with E-state index in [1.54, 1.807) is 12.1 Å². The number of non-ortho nitro benzene ring substituents is 1. The number of nitro benzene ring substituents is 1. The molecule has 5 heteroatoms. The topological polar surface area (TPSA) is 55.2 Å². The summed E-state index contributed by atoms with van der Waals surface area (Å²) in [5.41, 5.74) is 1.95. The molecule has 0 bridgehead atoms. The highest BCUT2D eigenvalue weighted by atomic mass is 35.5. The first-order chi connectivity index (χ1) is 9.60. The molecule has 0 aliphatic rings. The Morgan fingerprint density at radius 2 is 1.95 bits per heavy atom. The summed E-state index contributed by atoms with van der Waals surface area (Å²) in [6.45, 7) is 2.03. The van der Waals surface area contributed by atoms with Gasteiger partial charge < -0.3 is 5.32 Å². The number of hydrogen-bond acceptors (Lipinski definition) is 3. The van der Waals surface area contributed by atoms with Crippen LogP contribution >= 0.6 is 11.6 Å². The van der Waals surface area contributed by atoms with E-state index in [1.165, 1.54) is 6.07 Å². The Balaban J connectivity index is 2.21. The van der Waals surface area contributed by atoms with Crippen LogP contribution in [0.2, 0.25) is 5.02 Å². The predicted octanol–water partition coefficient (Wildman–Crippen LogP) is 4.81. The molecule has 0 aliphatic heterocycles. The first kappa shape index (κ1) is 14.3. The van der Waals surface area contributed by atoms with Crippen LogP contribution in [0.4, 0.5) is 11.4 Å². The normalized spacial score (nSPS) is 11.9. The molecule has 4 nitrogen and oxygen atoms in total. The first-order valence-corrected chi connectivity index (χ1v) is 6.74. The van der Waals surface area contributed by atoms with Crippen molar-refractivity contribution in [3.8, 4) is 0 Å². The third-order valence-electron chi connectivity index (χ3n) is 3.08. The van der Waals surface area contributed by atoms with Gasteiger partial charge in [-0.3, -0.25) is 10.1 Å². The number of benzene rings is 2. The Kier molecular flexibility index (Phi) is 4.58. The molecular weight excluding hydrogens is 276 g/mol. The third kappa shape index (κ3) is 3.48. The van der Waals surface area contributed by atoms with Crippen molar-refractivity contribution in [2.45, 2.75) is 19.4 Å². The maximum atomic E-state index is 10.8. The lowest BCUT2D eigenvalue weighted by atomic mass is 10.0. The number of nitrogens with zero attached hydrogens (tertiary/aromatic N) is 1. The van der Waals surface area contributed by atoms with Crippen LogP contribution in [-0.4, -0.2) is 4.92 Å². The molecule has 0 radical (unpaired) electrons. The standard InChI is InChI=1S/C15H15ClN2O2/c1-2-15(17-13-8-6-12(16)7-9-13)11-4-3-5-14(10-11)18(19)20/h3-10,15,17H,2H2,1H3. The van der Waals surface area contributed by atoms with Gasteiger partial charge >= 0.3 is 0 Å². The molecule has 2 rings (SSSR count). The van der Waals surface area contributed by atoms with Crippen molar-refractivity contribution in [3.05, 3.63) is 69.2 Å². The monoisotopic (exact) mass is 290 g/mol. The van der Waals surface area contributed by atoms with Crippen molar-refractivity contribution in [3.63, 3.8) is 0 Å². The highest BCUT2D eigenvalue weighted by Gasteiger charge is 2.13. The van der Waals surface area contributed by atoms with Gasteiger partial charge in [0.05, 0.1) is 11.0 Å². The molecule has 1 N–H and O–H groups in total. The number of nitrogens with one attached hydrogen (secondary N) is 1. The van der Waals surface area contributed by atoms with Gasteiger partial charge in [0.2, 0.25) is 0 Å². The summed E-state index contributed by atoms with van der Waals surface area (Å²) in [5, 5.41) is 14.9. The summed E-state index contributed by atoms with van der Waals surface area (Å²) in [6, 6.07) is 14.1. The Labute approximate surface area is 122 Å². The van der Waals surface area contributed by atoms with E-state index in [-0.39, 0.29) is 16.7 Å². The van der Waals surface area contributed by atoms with Crippen molar-refractivity contribution < 1.29 is 4.92 Å². The second kappa shape index (κ2) is 6.39. The van der Waals surface area contributed by atoms with Crippen LogP contribution in [0.3, 0.4) is 0 Å². The second-order valence-electron chi connectivity index (χ2n) is 4.46. The molecular formula is C15H15ClN2O2. The predicted molar refractivity (Wildman–Crippen MR) is 81.2 cm³/mol. The van der Waals surface area contributed by atoms with E-state index in [0.717, 1.165) is 17.7 Å². The van der Waals surface area contributed by atoms with Gasteiger partial charge in [-0.25, -0.2) is 0 Å². The van der Waals surface area contributed by atoms with Crippen molar-refractivity contribution in [2.75, 3.05) is 5.32 Å². The molecule has 20 heavy (non-hydrogen) atoms. The average Bonchev–Trinajstić information content (AvgIpc) is 2.46. The molecule has 0 aromatic heterocycles. The Hall–Kier alpha value is -2.07. The number of halogens is 1. The minimum absolute atomic E-state index is 0.0241. The van der Waals surface area contributed by atoms with E-state index in [2.05, 4.69) is 5.32 Å². The van der Waals surface area contributed by atoms with Crippen LogP contribution in [0.15, 0.2) is 48.5 Å². The van der Waals surface area contributed by atoms with E-state index < -0.39 is 0 Å². The van der Waals surface area contributed by atoms with Crippen LogP contribution in [0.5, 0.6) is 0 Å². The zero-order chi connectivity index (χ0) is 14.5. The Bertz CT molecular complexity index is 599. The van der Waals surface area contributed by atoms with Crippen molar-refractivity contribution in [2.24, 2.45) is 0 Å². The van der Waals surface area contributed by atoms with Crippen molar-refractivity contribution in [1.82, 2.24) is 0 Å². The third-order valence-corrected chi connectivity index (χ3v) is 3.33. The van der Waals surface area contributed by atoms with Crippen LogP contribution < -0.4 is 5.32 Å². The smallest absolute Gasteiger partial charge is 0.269 e. The zero-order valence-corrected chi connectivity index (χ0v) is 11.8. The van der Waals surface area contributed by atoms with Crippen LogP contribution in [0, 0.1) is 10.1 Å². The molecule has 104 valence electrons. The summed E-state index contributed by atoms with van der Waals surface area (Å²) < 4.78 is 0. The van der Waals surface area contributed by atoms with Gasteiger partial charge in [-0.1, -0.05) is 30.7 Å². The molecule has 0 heterocycles. The molecule has 0 saturated carbocycles. The first-order valence-electron chi connectivity index (χ1n) is 6.36. The Morgan fingerprint density at radius 1 is 1.25 bits per heavy atom. The van der Waals surface area contributed by atoms with Gasteiger partial charge in [0.1, 0.15) is 0 Å². The fraction of sp³-hybridized carbons (Fsp3) is 0.200. The molecule has 0 amide bonds. The summed E-state index contributed by atoms with van der Waals surface area (Å²) in [6.07, 6.45) is 0.823. The minimum Gasteiger partial charge on any atom is -0.378 e. The lowest BCUT2D eigenvalue weighted by Crippen LogP contribution is -2.09. The van der Waals surface area contributed by atoms with E-state index >= 15 is 0 Å². The quantitative estimate of drug-likeness (QED) is 0.635. The maximum absolute atomic E-state index is 10.8. The van der Waals surface area contributed by atoms with Gasteiger partial charge in [0.25, 0.3) is 5.69 Å². The highest BCUT2D eigenvalue weighted by molar-refractivity contribution is 6.30. The van der Waals surface area contributed by atoms with Gasteiger partial charge in [-0.05, 0) is 36.2 Å². The molecule has 2 aromatic carbocycles. The van der Waals surface area contributed by atoms with Gasteiger partial charge in [-0.2, -0.15) is 0 Å². The average molecular weight is 291 g/mol. The molecule has 0 fully saturated rings. The number of rotatable bonds is 5. The molecule has 2 aromatic rings. The summed E-state index contributed by atoms with van der Waals surface area (Å²) in [5.74, 6) is 0. The van der Waals surface area contributed by atoms with E-state index in [0.29, 0.717) is 5.02 Å². The molecule has 1 unspecified atom stereocenters. The van der Waals surface area contributed by atoms with E-state index in [4.69, 9.17) is 11.6 Å². The summed E-state index contributed by atoms with van der Waals surface area (Å²) in [7, 11) is 0. The van der Waals surface area contributed by atoms with Gasteiger partial charge in [0.15, 0.2) is 0 Å². The molecule has 0 aliphatic carbocycles. The Morgan fingerprint density at radius 3 is 2.55 bits per heavy atom. The van der Waals surface area contributed by atoms with Gasteiger partial charge in [-0.15, -0.1) is 0 Å². The maximum Gasteiger partial charge on any atom is 0.269 e. The van der Waals surface area contributed by atoms with Crippen LogP contribution in [0.25, 0.3) is 0 Å². The lowest BCUT2D eigenvalue weighted by Gasteiger charge is -2.18.